The van der Waals surface area contributed by atoms with Gasteiger partial charge in [0, 0.05) is 39.4 Å². The first-order valence-corrected chi connectivity index (χ1v) is 9.35. The van der Waals surface area contributed by atoms with Crippen molar-refractivity contribution in [3.05, 3.63) is 0 Å². The number of aliphatic imine (C=N–C) groups is 1. The average molecular weight is 456 g/mol. The number of ether oxygens (including phenoxy) is 1. The van der Waals surface area contributed by atoms with Gasteiger partial charge in [-0.3, -0.25) is 9.89 Å². The van der Waals surface area contributed by atoms with Crippen LogP contribution in [0.5, 0.6) is 0 Å². The topological polar surface area (TPSA) is 48.9 Å². The van der Waals surface area contributed by atoms with E-state index in [-0.39, 0.29) is 24.0 Å². The fraction of sp³-hybridized carbons (Fsp3) is 0.944. The van der Waals surface area contributed by atoms with E-state index in [1.807, 2.05) is 14.0 Å². The first kappa shape index (κ1) is 26.2. The monoisotopic (exact) mass is 456 g/mol. The lowest BCUT2D eigenvalue weighted by Crippen LogP contribution is -2.47. The maximum absolute atomic E-state index is 5.35. The molecule has 0 heterocycles. The van der Waals surface area contributed by atoms with Crippen molar-refractivity contribution in [3.8, 4) is 0 Å². The minimum Gasteiger partial charge on any atom is -0.382 e. The van der Waals surface area contributed by atoms with Gasteiger partial charge in [-0.15, -0.1) is 24.0 Å². The van der Waals surface area contributed by atoms with E-state index in [0.29, 0.717) is 12.0 Å². The Bertz CT molecular complexity index is 297. The van der Waals surface area contributed by atoms with Crippen molar-refractivity contribution in [1.29, 1.82) is 0 Å². The largest absolute Gasteiger partial charge is 0.382 e. The van der Waals surface area contributed by atoms with Crippen molar-refractivity contribution in [1.82, 2.24) is 15.5 Å². The summed E-state index contributed by atoms with van der Waals surface area (Å²) in [7, 11) is 1.84. The van der Waals surface area contributed by atoms with E-state index in [4.69, 9.17) is 4.74 Å². The first-order valence-electron chi connectivity index (χ1n) is 9.35. The van der Waals surface area contributed by atoms with E-state index in [1.165, 1.54) is 6.42 Å². The highest BCUT2D eigenvalue weighted by molar-refractivity contribution is 14.0. The number of nitrogens with one attached hydrogen (secondary N) is 2. The number of nitrogens with zero attached hydrogens (tertiary/aromatic N) is 2. The number of hydrogen-bond acceptors (Lipinski definition) is 3. The number of unbranched alkanes of at least 4 members (excludes halogenated alkanes) is 1. The van der Waals surface area contributed by atoms with Crippen molar-refractivity contribution in [2.45, 2.75) is 59.9 Å². The lowest BCUT2D eigenvalue weighted by Gasteiger charge is -2.31. The van der Waals surface area contributed by atoms with Gasteiger partial charge in [0.05, 0.1) is 0 Å². The standard InChI is InChI=1S/C18H40N4O.HI/c1-7-22(8-2)17(14-16(4)5)15-21-18(19-6)20-12-10-11-13-23-9-3;/h16-17H,7-15H2,1-6H3,(H2,19,20,21);1H. The van der Waals surface area contributed by atoms with E-state index in [1.54, 1.807) is 0 Å². The smallest absolute Gasteiger partial charge is 0.191 e. The van der Waals surface area contributed by atoms with Gasteiger partial charge in [0.2, 0.25) is 0 Å². The predicted molar refractivity (Wildman–Crippen MR) is 117 cm³/mol. The van der Waals surface area contributed by atoms with Crippen molar-refractivity contribution in [2.75, 3.05) is 46.4 Å². The Morgan fingerprint density at radius 2 is 1.75 bits per heavy atom. The molecule has 0 spiro atoms. The second-order valence-corrected chi connectivity index (χ2v) is 6.29. The van der Waals surface area contributed by atoms with Crippen LogP contribution in [0.25, 0.3) is 0 Å². The lowest BCUT2D eigenvalue weighted by atomic mass is 10.0. The Balaban J connectivity index is 0. The van der Waals surface area contributed by atoms with E-state index >= 15 is 0 Å². The Morgan fingerprint density at radius 3 is 2.25 bits per heavy atom. The maximum Gasteiger partial charge on any atom is 0.191 e. The third-order valence-corrected chi connectivity index (χ3v) is 4.01. The van der Waals surface area contributed by atoms with Gasteiger partial charge in [-0.2, -0.15) is 0 Å². The van der Waals surface area contributed by atoms with Crippen LogP contribution in [0.4, 0.5) is 0 Å². The molecule has 0 bridgehead atoms. The summed E-state index contributed by atoms with van der Waals surface area (Å²) in [5.74, 6) is 1.61. The van der Waals surface area contributed by atoms with Crippen LogP contribution in [0.1, 0.15) is 53.9 Å². The number of guanidine groups is 1. The van der Waals surface area contributed by atoms with E-state index in [0.717, 1.165) is 58.2 Å². The molecule has 0 aromatic heterocycles. The van der Waals surface area contributed by atoms with Gasteiger partial charge in [0.1, 0.15) is 0 Å². The molecule has 0 fully saturated rings. The van der Waals surface area contributed by atoms with Crippen LogP contribution in [0, 0.1) is 5.92 Å². The Hall–Kier alpha value is -0.0800. The molecule has 0 rings (SSSR count). The third-order valence-electron chi connectivity index (χ3n) is 4.01. The highest BCUT2D eigenvalue weighted by Gasteiger charge is 2.17. The molecule has 0 aliphatic heterocycles. The predicted octanol–water partition coefficient (Wildman–Crippen LogP) is 3.34. The summed E-state index contributed by atoms with van der Waals surface area (Å²) in [4.78, 5) is 6.86. The summed E-state index contributed by atoms with van der Waals surface area (Å²) in [6.45, 7) is 16.8. The van der Waals surface area contributed by atoms with Crippen LogP contribution in [0.3, 0.4) is 0 Å². The van der Waals surface area contributed by atoms with Crippen molar-refractivity contribution in [3.63, 3.8) is 0 Å². The number of rotatable bonds is 13. The van der Waals surface area contributed by atoms with Gasteiger partial charge in [-0.25, -0.2) is 0 Å². The summed E-state index contributed by atoms with van der Waals surface area (Å²) >= 11 is 0. The zero-order valence-electron chi connectivity index (χ0n) is 16.7. The molecule has 0 saturated heterocycles. The number of halogens is 1. The molecule has 5 nitrogen and oxygen atoms in total. The van der Waals surface area contributed by atoms with Crippen molar-refractivity contribution in [2.24, 2.45) is 10.9 Å². The average Bonchev–Trinajstić information content (AvgIpc) is 2.53. The summed E-state index contributed by atoms with van der Waals surface area (Å²) in [6.07, 6.45) is 3.40. The fourth-order valence-corrected chi connectivity index (χ4v) is 2.76. The quantitative estimate of drug-likeness (QED) is 0.193. The molecule has 24 heavy (non-hydrogen) atoms. The van der Waals surface area contributed by atoms with E-state index < -0.39 is 0 Å². The summed E-state index contributed by atoms with van der Waals surface area (Å²) < 4.78 is 5.35. The molecule has 0 aliphatic rings. The molecule has 146 valence electrons. The molecule has 0 saturated carbocycles. The van der Waals surface area contributed by atoms with Crippen LogP contribution in [0.15, 0.2) is 4.99 Å². The van der Waals surface area contributed by atoms with Gasteiger partial charge in [0.15, 0.2) is 5.96 Å². The summed E-state index contributed by atoms with van der Waals surface area (Å²) in [5, 5.41) is 6.89. The highest BCUT2D eigenvalue weighted by Crippen LogP contribution is 2.10. The van der Waals surface area contributed by atoms with Crippen LogP contribution in [0.2, 0.25) is 0 Å². The molecule has 0 aromatic carbocycles. The molecular formula is C18H41IN4O. The van der Waals surface area contributed by atoms with E-state index in [2.05, 4.69) is 48.2 Å². The third kappa shape index (κ3) is 13.2. The second kappa shape index (κ2) is 17.7. The number of hydrogen-bond donors (Lipinski definition) is 2. The van der Waals surface area contributed by atoms with Gasteiger partial charge in [-0.1, -0.05) is 27.7 Å². The number of likely N-dealkylation sites (N-methyl/N-ethyl adjacent to an activating group) is 1. The van der Waals surface area contributed by atoms with Crippen LogP contribution >= 0.6 is 24.0 Å². The van der Waals surface area contributed by atoms with E-state index in [9.17, 15) is 0 Å². The van der Waals surface area contributed by atoms with Crippen LogP contribution in [-0.2, 0) is 4.74 Å². The Morgan fingerprint density at radius 1 is 1.08 bits per heavy atom. The summed E-state index contributed by atoms with van der Waals surface area (Å²) in [5.41, 5.74) is 0. The molecule has 0 aromatic rings. The first-order chi connectivity index (χ1) is 11.1. The Labute approximate surface area is 167 Å². The molecule has 1 atom stereocenters. The van der Waals surface area contributed by atoms with Gasteiger partial charge >= 0.3 is 0 Å². The van der Waals surface area contributed by atoms with Gasteiger partial charge < -0.3 is 15.4 Å². The molecule has 2 N–H and O–H groups in total. The molecule has 0 aliphatic carbocycles. The molecule has 1 unspecified atom stereocenters. The maximum atomic E-state index is 5.35. The van der Waals surface area contributed by atoms with Crippen LogP contribution in [-0.4, -0.2) is 63.3 Å². The minimum absolute atomic E-state index is 0. The molecule has 0 radical (unpaired) electrons. The summed E-state index contributed by atoms with van der Waals surface area (Å²) in [6, 6.07) is 0.557. The minimum atomic E-state index is 0. The zero-order valence-corrected chi connectivity index (χ0v) is 19.1. The SMILES string of the molecule is CCOCCCCNC(=NC)NCC(CC(C)C)N(CC)CC.I. The molecule has 0 amide bonds. The lowest BCUT2D eigenvalue weighted by molar-refractivity contribution is 0.143. The molecule has 6 heteroatoms. The van der Waals surface area contributed by atoms with Gasteiger partial charge in [0.25, 0.3) is 0 Å². The van der Waals surface area contributed by atoms with Crippen molar-refractivity contribution < 1.29 is 4.74 Å². The van der Waals surface area contributed by atoms with Crippen molar-refractivity contribution >= 4 is 29.9 Å². The molecular weight excluding hydrogens is 415 g/mol. The van der Waals surface area contributed by atoms with Crippen LogP contribution < -0.4 is 10.6 Å². The fourth-order valence-electron chi connectivity index (χ4n) is 2.76. The second-order valence-electron chi connectivity index (χ2n) is 6.29. The highest BCUT2D eigenvalue weighted by atomic mass is 127. The Kier molecular flexibility index (Phi) is 19.3. The normalized spacial score (nSPS) is 13.1. The van der Waals surface area contributed by atoms with Gasteiger partial charge in [-0.05, 0) is 45.2 Å². The zero-order chi connectivity index (χ0) is 17.5.